The maximum Gasteiger partial charge on any atom is 0.255 e. The second-order valence-corrected chi connectivity index (χ2v) is 5.99. The number of pyridine rings is 1. The number of nitrogens with two attached hydrogens (primary N) is 1. The van der Waals surface area contributed by atoms with Gasteiger partial charge in [0.25, 0.3) is 10.0 Å². The third-order valence-corrected chi connectivity index (χ3v) is 3.55. The number of sulfonamides is 1. The van der Waals surface area contributed by atoms with Gasteiger partial charge in [-0.05, 0) is 41.5 Å². The molecule has 1 aliphatic carbocycles. The minimum Gasteiger partial charge on any atom is -0.488 e. The van der Waals surface area contributed by atoms with Crippen LogP contribution in [0.1, 0.15) is 12.8 Å². The van der Waals surface area contributed by atoms with Gasteiger partial charge in [0.1, 0.15) is 0 Å². The Morgan fingerprint density at radius 2 is 2.20 bits per heavy atom. The minimum atomic E-state index is -3.73. The monoisotopic (exact) mass is 340 g/mol. The zero-order valence-electron chi connectivity index (χ0n) is 7.68. The Hall–Kier alpha value is -0.410. The molecule has 0 unspecified atom stereocenters. The molecule has 0 spiro atoms. The van der Waals surface area contributed by atoms with Crippen LogP contribution < -0.4 is 9.88 Å². The summed E-state index contributed by atoms with van der Waals surface area (Å²) in [6.45, 7) is 0. The van der Waals surface area contributed by atoms with Crippen LogP contribution in [0.5, 0.6) is 5.75 Å². The number of hydrogen-bond acceptors (Lipinski definition) is 4. The van der Waals surface area contributed by atoms with Crippen LogP contribution in [0.2, 0.25) is 0 Å². The summed E-state index contributed by atoms with van der Waals surface area (Å²) in [4.78, 5) is 3.75. The van der Waals surface area contributed by atoms with Gasteiger partial charge in [0, 0.05) is 0 Å². The number of nitrogens with zero attached hydrogens (tertiary/aromatic N) is 1. The molecule has 1 aliphatic rings. The molecule has 0 aliphatic heterocycles. The van der Waals surface area contributed by atoms with Crippen molar-refractivity contribution in [3.05, 3.63) is 15.8 Å². The van der Waals surface area contributed by atoms with E-state index in [2.05, 4.69) is 4.98 Å². The molecule has 0 saturated heterocycles. The van der Waals surface area contributed by atoms with Crippen LogP contribution >= 0.6 is 22.6 Å². The molecular formula is C8H9IN2O3S. The lowest BCUT2D eigenvalue weighted by molar-refractivity contribution is 0.299. The highest BCUT2D eigenvalue weighted by Gasteiger charge is 2.25. The van der Waals surface area contributed by atoms with Gasteiger partial charge in [-0.3, -0.25) is 0 Å². The van der Waals surface area contributed by atoms with Gasteiger partial charge in [0.05, 0.1) is 15.9 Å². The van der Waals surface area contributed by atoms with Gasteiger partial charge in [0.15, 0.2) is 10.8 Å². The Morgan fingerprint density at radius 3 is 2.67 bits per heavy atom. The van der Waals surface area contributed by atoms with Crippen molar-refractivity contribution >= 4 is 32.6 Å². The zero-order valence-corrected chi connectivity index (χ0v) is 10.7. The highest BCUT2D eigenvalue weighted by molar-refractivity contribution is 14.1. The van der Waals surface area contributed by atoms with Crippen LogP contribution in [0.3, 0.4) is 0 Å². The summed E-state index contributed by atoms with van der Waals surface area (Å²) in [6, 6.07) is 1.41. The second-order valence-electron chi connectivity index (χ2n) is 3.32. The van der Waals surface area contributed by atoms with Gasteiger partial charge >= 0.3 is 0 Å². The highest BCUT2D eigenvalue weighted by atomic mass is 127. The molecule has 0 amide bonds. The topological polar surface area (TPSA) is 82.3 Å². The molecule has 82 valence electrons. The van der Waals surface area contributed by atoms with E-state index in [9.17, 15) is 8.42 Å². The molecule has 2 rings (SSSR count). The van der Waals surface area contributed by atoms with Crippen molar-refractivity contribution in [1.29, 1.82) is 0 Å². The number of aromatic nitrogens is 1. The number of rotatable bonds is 3. The Bertz CT molecular complexity index is 485. The van der Waals surface area contributed by atoms with E-state index in [1.54, 1.807) is 0 Å². The first-order valence-corrected chi connectivity index (χ1v) is 6.94. The summed E-state index contributed by atoms with van der Waals surface area (Å²) in [5.41, 5.74) is 0. The lowest BCUT2D eigenvalue weighted by Gasteiger charge is -2.06. The Balaban J connectivity index is 2.29. The summed E-state index contributed by atoms with van der Waals surface area (Å²) in [5, 5.41) is 4.83. The van der Waals surface area contributed by atoms with E-state index in [0.717, 1.165) is 12.8 Å². The van der Waals surface area contributed by atoms with Gasteiger partial charge in [-0.25, -0.2) is 18.5 Å². The molecule has 1 aromatic heterocycles. The van der Waals surface area contributed by atoms with E-state index in [4.69, 9.17) is 9.88 Å². The van der Waals surface area contributed by atoms with Crippen LogP contribution in [0, 0.1) is 3.57 Å². The molecule has 1 saturated carbocycles. The average molecular weight is 340 g/mol. The van der Waals surface area contributed by atoms with E-state index < -0.39 is 10.0 Å². The summed E-state index contributed by atoms with van der Waals surface area (Å²) >= 11 is 2.00. The SMILES string of the molecule is NS(=O)(=O)c1cc(I)c(OC2CC2)cn1. The number of primary sulfonamides is 1. The first-order chi connectivity index (χ1) is 6.97. The summed E-state index contributed by atoms with van der Waals surface area (Å²) in [5.74, 6) is 0.616. The molecule has 5 nitrogen and oxygen atoms in total. The van der Waals surface area contributed by atoms with Crippen molar-refractivity contribution in [3.8, 4) is 5.75 Å². The molecule has 1 fully saturated rings. The summed E-state index contributed by atoms with van der Waals surface area (Å²) < 4.78 is 28.2. The predicted octanol–water partition coefficient (Wildman–Crippen LogP) is 0.875. The molecule has 0 bridgehead atoms. The van der Waals surface area contributed by atoms with Crippen molar-refractivity contribution in [3.63, 3.8) is 0 Å². The van der Waals surface area contributed by atoms with Gasteiger partial charge in [-0.15, -0.1) is 0 Å². The first kappa shape index (κ1) is 11.1. The van der Waals surface area contributed by atoms with E-state index in [1.807, 2.05) is 22.6 Å². The number of ether oxygens (including phenoxy) is 1. The van der Waals surface area contributed by atoms with Crippen molar-refractivity contribution in [1.82, 2.24) is 4.98 Å². The smallest absolute Gasteiger partial charge is 0.255 e. The zero-order chi connectivity index (χ0) is 11.1. The first-order valence-electron chi connectivity index (χ1n) is 4.32. The van der Waals surface area contributed by atoms with Crippen molar-refractivity contribution in [2.75, 3.05) is 0 Å². The largest absolute Gasteiger partial charge is 0.488 e. The van der Waals surface area contributed by atoms with Crippen molar-refractivity contribution in [2.24, 2.45) is 5.14 Å². The third kappa shape index (κ3) is 2.79. The fraction of sp³-hybridized carbons (Fsp3) is 0.375. The Kier molecular flexibility index (Phi) is 2.86. The molecular weight excluding hydrogens is 331 g/mol. The summed E-state index contributed by atoms with van der Waals surface area (Å²) in [6.07, 6.45) is 3.76. The number of halogens is 1. The van der Waals surface area contributed by atoms with Gasteiger partial charge in [-0.2, -0.15) is 0 Å². The van der Waals surface area contributed by atoms with Crippen LogP contribution in [0.15, 0.2) is 17.3 Å². The summed E-state index contributed by atoms with van der Waals surface area (Å²) in [7, 11) is -3.73. The van der Waals surface area contributed by atoms with Crippen LogP contribution in [0.25, 0.3) is 0 Å². The van der Waals surface area contributed by atoms with E-state index in [1.165, 1.54) is 12.3 Å². The molecule has 1 aromatic rings. The molecule has 0 radical (unpaired) electrons. The highest BCUT2D eigenvalue weighted by Crippen LogP contribution is 2.29. The average Bonchev–Trinajstić information content (AvgIpc) is 2.90. The predicted molar refractivity (Wildman–Crippen MR) is 62.0 cm³/mol. The third-order valence-electron chi connectivity index (χ3n) is 1.90. The van der Waals surface area contributed by atoms with E-state index >= 15 is 0 Å². The van der Waals surface area contributed by atoms with Crippen LogP contribution in [-0.4, -0.2) is 19.5 Å². The quantitative estimate of drug-likeness (QED) is 0.828. The number of hydrogen-bond donors (Lipinski definition) is 1. The van der Waals surface area contributed by atoms with Crippen molar-refractivity contribution < 1.29 is 13.2 Å². The fourth-order valence-corrected chi connectivity index (χ4v) is 2.26. The van der Waals surface area contributed by atoms with Crippen LogP contribution in [0.4, 0.5) is 0 Å². The normalized spacial score (nSPS) is 16.4. The fourth-order valence-electron chi connectivity index (χ4n) is 1.01. The molecule has 1 heterocycles. The Labute approximate surface area is 101 Å². The van der Waals surface area contributed by atoms with Crippen LogP contribution in [-0.2, 0) is 10.0 Å². The molecule has 15 heavy (non-hydrogen) atoms. The second kappa shape index (κ2) is 3.87. The molecule has 7 heteroatoms. The minimum absolute atomic E-state index is 0.130. The van der Waals surface area contributed by atoms with E-state index in [0.29, 0.717) is 9.32 Å². The lowest BCUT2D eigenvalue weighted by Crippen LogP contribution is -2.14. The molecule has 0 atom stereocenters. The Morgan fingerprint density at radius 1 is 1.53 bits per heavy atom. The standard InChI is InChI=1S/C8H9IN2O3S/c9-6-3-8(15(10,12)13)11-4-7(6)14-5-1-2-5/h3-5H,1-2H2,(H2,10,12,13). The lowest BCUT2D eigenvalue weighted by atomic mass is 10.5. The maximum atomic E-state index is 11.0. The van der Waals surface area contributed by atoms with Crippen molar-refractivity contribution in [2.45, 2.75) is 24.0 Å². The molecule has 0 aromatic carbocycles. The van der Waals surface area contributed by atoms with Gasteiger partial charge in [0.2, 0.25) is 0 Å². The van der Waals surface area contributed by atoms with Gasteiger partial charge in [-0.1, -0.05) is 0 Å². The molecule has 2 N–H and O–H groups in total. The van der Waals surface area contributed by atoms with E-state index in [-0.39, 0.29) is 11.1 Å². The van der Waals surface area contributed by atoms with Gasteiger partial charge < -0.3 is 4.74 Å². The maximum absolute atomic E-state index is 11.0.